The van der Waals surface area contributed by atoms with E-state index < -0.39 is 0 Å². The first kappa shape index (κ1) is 16.7. The largest absolute Gasteiger partial charge is 0.491 e. The van der Waals surface area contributed by atoms with Crippen molar-refractivity contribution in [3.8, 4) is 5.75 Å². The van der Waals surface area contributed by atoms with Crippen LogP contribution < -0.4 is 15.6 Å². The molecule has 128 valence electrons. The molecule has 3 rings (SSSR count). The zero-order valence-corrected chi connectivity index (χ0v) is 14.2. The highest BCUT2D eigenvalue weighted by molar-refractivity contribution is 5.94. The number of amides is 1. The second-order valence-electron chi connectivity index (χ2n) is 5.56. The van der Waals surface area contributed by atoms with Crippen LogP contribution in [0.4, 0.5) is 0 Å². The van der Waals surface area contributed by atoms with Crippen molar-refractivity contribution in [3.63, 3.8) is 0 Å². The maximum atomic E-state index is 12.5. The lowest BCUT2D eigenvalue weighted by Crippen LogP contribution is -2.30. The minimum Gasteiger partial charge on any atom is -0.491 e. The van der Waals surface area contributed by atoms with Gasteiger partial charge in [-0.2, -0.15) is 0 Å². The summed E-state index contributed by atoms with van der Waals surface area (Å²) < 4.78 is 7.01. The topological polar surface area (TPSA) is 73.2 Å². The Morgan fingerprint density at radius 2 is 2.04 bits per heavy atom. The molecule has 0 aliphatic heterocycles. The minimum atomic E-state index is -0.376. The third kappa shape index (κ3) is 3.38. The molecule has 1 N–H and O–H groups in total. The van der Waals surface area contributed by atoms with Crippen molar-refractivity contribution in [2.75, 3.05) is 6.61 Å². The van der Waals surface area contributed by atoms with Crippen LogP contribution in [0.5, 0.6) is 5.75 Å². The number of aromatic nitrogens is 2. The Bertz CT molecular complexity index is 979. The van der Waals surface area contributed by atoms with Gasteiger partial charge < -0.3 is 14.6 Å². The molecule has 0 atom stereocenters. The van der Waals surface area contributed by atoms with Gasteiger partial charge in [0.2, 0.25) is 0 Å². The Morgan fingerprint density at radius 3 is 2.84 bits per heavy atom. The van der Waals surface area contributed by atoms with E-state index in [2.05, 4.69) is 10.3 Å². The lowest BCUT2D eigenvalue weighted by molar-refractivity contribution is 0.0941. The third-order valence-electron chi connectivity index (χ3n) is 3.93. The molecule has 6 heteroatoms. The number of hydrogen-bond acceptors (Lipinski definition) is 4. The van der Waals surface area contributed by atoms with Crippen LogP contribution in [0.15, 0.2) is 53.5 Å². The van der Waals surface area contributed by atoms with Gasteiger partial charge in [0, 0.05) is 25.4 Å². The van der Waals surface area contributed by atoms with Gasteiger partial charge in [-0.1, -0.05) is 18.2 Å². The van der Waals surface area contributed by atoms with Crippen LogP contribution in [0.3, 0.4) is 0 Å². The Balaban J connectivity index is 1.85. The lowest BCUT2D eigenvalue weighted by atomic mass is 10.1. The number of fused-ring (bicyclic) bond motifs is 1. The summed E-state index contributed by atoms with van der Waals surface area (Å²) in [5.74, 6) is 0.0492. The fourth-order valence-corrected chi connectivity index (χ4v) is 2.71. The molecule has 0 fully saturated rings. The number of ether oxygens (including phenoxy) is 1. The van der Waals surface area contributed by atoms with Crippen LogP contribution >= 0.6 is 0 Å². The van der Waals surface area contributed by atoms with Crippen LogP contribution in [0.2, 0.25) is 0 Å². The second kappa shape index (κ2) is 7.17. The molecular formula is C19H19N3O3. The quantitative estimate of drug-likeness (QED) is 0.775. The highest BCUT2D eigenvalue weighted by Crippen LogP contribution is 2.16. The van der Waals surface area contributed by atoms with Crippen molar-refractivity contribution < 1.29 is 9.53 Å². The van der Waals surface area contributed by atoms with E-state index in [0.717, 1.165) is 10.9 Å². The van der Waals surface area contributed by atoms with Gasteiger partial charge in [0.15, 0.2) is 11.4 Å². The third-order valence-corrected chi connectivity index (χ3v) is 3.93. The predicted molar refractivity (Wildman–Crippen MR) is 95.8 cm³/mol. The monoisotopic (exact) mass is 337 g/mol. The first-order valence-electron chi connectivity index (χ1n) is 8.05. The number of hydrogen-bond donors (Lipinski definition) is 1. The highest BCUT2D eigenvalue weighted by atomic mass is 16.5. The first-order valence-corrected chi connectivity index (χ1v) is 8.05. The SMILES string of the molecule is CCOc1cccnc1C(=O)NCc1cc2ccccc2n(C)c1=O. The Kier molecular flexibility index (Phi) is 4.79. The van der Waals surface area contributed by atoms with Gasteiger partial charge in [-0.05, 0) is 36.6 Å². The van der Waals surface area contributed by atoms with E-state index in [9.17, 15) is 9.59 Å². The molecule has 25 heavy (non-hydrogen) atoms. The van der Waals surface area contributed by atoms with E-state index in [0.29, 0.717) is 17.9 Å². The van der Waals surface area contributed by atoms with Crippen molar-refractivity contribution in [3.05, 3.63) is 70.3 Å². The van der Waals surface area contributed by atoms with Crippen LogP contribution in [0.25, 0.3) is 10.9 Å². The molecule has 0 aliphatic carbocycles. The molecule has 1 amide bonds. The van der Waals surface area contributed by atoms with Gasteiger partial charge in [0.05, 0.1) is 12.1 Å². The molecule has 2 aromatic heterocycles. The molecule has 0 radical (unpaired) electrons. The number of benzene rings is 1. The molecule has 3 aromatic rings. The van der Waals surface area contributed by atoms with Gasteiger partial charge in [0.25, 0.3) is 11.5 Å². The molecular weight excluding hydrogens is 318 g/mol. The van der Waals surface area contributed by atoms with Crippen molar-refractivity contribution in [1.29, 1.82) is 0 Å². The van der Waals surface area contributed by atoms with Gasteiger partial charge in [0.1, 0.15) is 0 Å². The molecule has 2 heterocycles. The van der Waals surface area contributed by atoms with E-state index >= 15 is 0 Å². The molecule has 0 saturated carbocycles. The Hall–Kier alpha value is -3.15. The maximum Gasteiger partial charge on any atom is 0.274 e. The molecule has 0 spiro atoms. The normalized spacial score (nSPS) is 10.6. The summed E-state index contributed by atoms with van der Waals surface area (Å²) in [6.45, 7) is 2.41. The molecule has 0 bridgehead atoms. The predicted octanol–water partition coefficient (Wildman–Crippen LogP) is 2.26. The molecule has 1 aromatic carbocycles. The first-order chi connectivity index (χ1) is 12.1. The van der Waals surface area contributed by atoms with E-state index in [-0.39, 0.29) is 23.7 Å². The van der Waals surface area contributed by atoms with Crippen molar-refractivity contribution in [2.24, 2.45) is 7.05 Å². The van der Waals surface area contributed by atoms with Crippen LogP contribution in [-0.4, -0.2) is 22.1 Å². The zero-order valence-electron chi connectivity index (χ0n) is 14.2. The Morgan fingerprint density at radius 1 is 1.24 bits per heavy atom. The van der Waals surface area contributed by atoms with Gasteiger partial charge >= 0.3 is 0 Å². The number of para-hydroxylation sites is 1. The number of nitrogens with zero attached hydrogens (tertiary/aromatic N) is 2. The van der Waals surface area contributed by atoms with Crippen molar-refractivity contribution in [1.82, 2.24) is 14.9 Å². The molecule has 0 unspecified atom stereocenters. The van der Waals surface area contributed by atoms with E-state index in [1.54, 1.807) is 29.8 Å². The van der Waals surface area contributed by atoms with Crippen molar-refractivity contribution >= 4 is 16.8 Å². The fraction of sp³-hybridized carbons (Fsp3) is 0.211. The number of rotatable bonds is 5. The zero-order chi connectivity index (χ0) is 17.8. The Labute approximate surface area is 145 Å². The lowest BCUT2D eigenvalue weighted by Gasteiger charge is -2.11. The van der Waals surface area contributed by atoms with E-state index in [1.807, 2.05) is 31.2 Å². The number of pyridine rings is 2. The second-order valence-corrected chi connectivity index (χ2v) is 5.56. The van der Waals surface area contributed by atoms with Gasteiger partial charge in [-0.15, -0.1) is 0 Å². The van der Waals surface area contributed by atoms with E-state index in [4.69, 9.17) is 4.74 Å². The average Bonchev–Trinajstić information content (AvgIpc) is 2.64. The summed E-state index contributed by atoms with van der Waals surface area (Å²) in [5.41, 5.74) is 1.45. The van der Waals surface area contributed by atoms with Gasteiger partial charge in [-0.25, -0.2) is 4.98 Å². The standard InChI is InChI=1S/C19H19N3O3/c1-3-25-16-9-6-10-20-17(16)18(23)21-12-14-11-13-7-4-5-8-15(13)22(2)19(14)24/h4-11H,3,12H2,1-2H3,(H,21,23). The molecule has 0 saturated heterocycles. The summed E-state index contributed by atoms with van der Waals surface area (Å²) in [6, 6.07) is 12.8. The highest BCUT2D eigenvalue weighted by Gasteiger charge is 2.14. The minimum absolute atomic E-state index is 0.123. The van der Waals surface area contributed by atoms with Crippen molar-refractivity contribution in [2.45, 2.75) is 13.5 Å². The smallest absolute Gasteiger partial charge is 0.274 e. The molecule has 6 nitrogen and oxygen atoms in total. The number of nitrogens with one attached hydrogen (secondary N) is 1. The maximum absolute atomic E-state index is 12.5. The molecule has 0 aliphatic rings. The van der Waals surface area contributed by atoms with Gasteiger partial charge in [-0.3, -0.25) is 9.59 Å². The summed E-state index contributed by atoms with van der Waals surface area (Å²) in [7, 11) is 1.72. The van der Waals surface area contributed by atoms with Crippen LogP contribution in [-0.2, 0) is 13.6 Å². The number of aryl methyl sites for hydroxylation is 1. The summed E-state index contributed by atoms with van der Waals surface area (Å²) in [4.78, 5) is 29.0. The average molecular weight is 337 g/mol. The van der Waals surface area contributed by atoms with Crippen LogP contribution in [0.1, 0.15) is 23.0 Å². The summed E-state index contributed by atoms with van der Waals surface area (Å²) in [6.07, 6.45) is 1.53. The van der Waals surface area contributed by atoms with E-state index in [1.165, 1.54) is 6.20 Å². The number of carbonyl (C=O) groups is 1. The fourth-order valence-electron chi connectivity index (χ4n) is 2.71. The van der Waals surface area contributed by atoms with Crippen LogP contribution in [0, 0.1) is 0 Å². The summed E-state index contributed by atoms with van der Waals surface area (Å²) >= 11 is 0. The number of carbonyl (C=O) groups excluding carboxylic acids is 1. The summed E-state index contributed by atoms with van der Waals surface area (Å²) in [5, 5.41) is 3.70.